The van der Waals surface area contributed by atoms with Crippen LogP contribution < -0.4 is 0 Å². The minimum absolute atomic E-state index is 0.278. The zero-order chi connectivity index (χ0) is 15.1. The van der Waals surface area contributed by atoms with E-state index in [0.717, 1.165) is 32.6 Å². The Labute approximate surface area is 127 Å². The highest BCUT2D eigenvalue weighted by Gasteiger charge is 2.15. The first-order valence-electron chi connectivity index (χ1n) is 7.39. The molecule has 4 rings (SSSR count). The summed E-state index contributed by atoms with van der Waals surface area (Å²) < 4.78 is 5.21. The number of esters is 1. The zero-order valence-electron chi connectivity index (χ0n) is 12.2. The van der Waals surface area contributed by atoms with Crippen LogP contribution in [-0.2, 0) is 4.74 Å². The third kappa shape index (κ3) is 1.79. The van der Waals surface area contributed by atoms with Crippen molar-refractivity contribution in [2.24, 2.45) is 0 Å². The van der Waals surface area contributed by atoms with Crippen molar-refractivity contribution in [3.63, 3.8) is 0 Å². The van der Waals surface area contributed by atoms with Crippen LogP contribution in [0.2, 0.25) is 0 Å². The quantitative estimate of drug-likeness (QED) is 0.546. The number of carbonyl (C=O) groups excluding carboxylic acids is 1. The Morgan fingerprint density at radius 1 is 1.00 bits per heavy atom. The normalized spacial score (nSPS) is 11.3. The molecule has 3 aromatic carbocycles. The molecule has 0 aliphatic carbocycles. The maximum atomic E-state index is 12.3. The molecule has 0 aliphatic rings. The maximum Gasteiger partial charge on any atom is 0.338 e. The van der Waals surface area contributed by atoms with Gasteiger partial charge in [-0.2, -0.15) is 0 Å². The summed E-state index contributed by atoms with van der Waals surface area (Å²) in [6.07, 6.45) is 0. The Bertz CT molecular complexity index is 1010. The number of aromatic amines is 1. The van der Waals surface area contributed by atoms with E-state index in [9.17, 15) is 4.79 Å². The van der Waals surface area contributed by atoms with Crippen molar-refractivity contribution in [1.82, 2.24) is 4.98 Å². The van der Waals surface area contributed by atoms with Crippen molar-refractivity contribution < 1.29 is 9.53 Å². The van der Waals surface area contributed by atoms with Gasteiger partial charge in [0.2, 0.25) is 0 Å². The maximum absolute atomic E-state index is 12.3. The number of fused-ring (bicyclic) bond motifs is 5. The monoisotopic (exact) mass is 289 g/mol. The highest BCUT2D eigenvalue weighted by molar-refractivity contribution is 6.21. The molecule has 3 nitrogen and oxygen atoms in total. The first-order chi connectivity index (χ1) is 10.8. The van der Waals surface area contributed by atoms with Crippen LogP contribution in [0.5, 0.6) is 0 Å². The smallest absolute Gasteiger partial charge is 0.338 e. The van der Waals surface area contributed by atoms with Crippen molar-refractivity contribution in [3.8, 4) is 0 Å². The Hall–Kier alpha value is -2.81. The summed E-state index contributed by atoms with van der Waals surface area (Å²) in [5.41, 5.74) is 2.67. The predicted molar refractivity (Wildman–Crippen MR) is 89.3 cm³/mol. The van der Waals surface area contributed by atoms with E-state index in [1.165, 1.54) is 0 Å². The van der Waals surface area contributed by atoms with Crippen molar-refractivity contribution in [2.75, 3.05) is 6.61 Å². The number of aromatic nitrogens is 1. The summed E-state index contributed by atoms with van der Waals surface area (Å²) in [7, 11) is 0. The number of rotatable bonds is 2. The highest BCUT2D eigenvalue weighted by atomic mass is 16.5. The molecular weight excluding hydrogens is 274 g/mol. The molecule has 0 fully saturated rings. The molecule has 4 aromatic rings. The van der Waals surface area contributed by atoms with Gasteiger partial charge in [0, 0.05) is 21.7 Å². The molecule has 0 saturated carbocycles. The van der Waals surface area contributed by atoms with E-state index < -0.39 is 0 Å². The number of hydrogen-bond donors (Lipinski definition) is 1. The van der Waals surface area contributed by atoms with Crippen LogP contribution in [0.1, 0.15) is 17.3 Å². The Balaban J connectivity index is 2.15. The van der Waals surface area contributed by atoms with Gasteiger partial charge in [-0.1, -0.05) is 42.5 Å². The van der Waals surface area contributed by atoms with Crippen LogP contribution in [0.3, 0.4) is 0 Å². The molecule has 0 aliphatic heterocycles. The van der Waals surface area contributed by atoms with Crippen LogP contribution in [0, 0.1) is 0 Å². The number of H-pyrrole nitrogens is 1. The summed E-state index contributed by atoms with van der Waals surface area (Å²) in [4.78, 5) is 15.7. The zero-order valence-corrected chi connectivity index (χ0v) is 12.2. The molecule has 22 heavy (non-hydrogen) atoms. The van der Waals surface area contributed by atoms with Crippen LogP contribution >= 0.6 is 0 Å². The Kier molecular flexibility index (Phi) is 2.86. The fourth-order valence-electron chi connectivity index (χ4n) is 3.07. The van der Waals surface area contributed by atoms with Crippen molar-refractivity contribution in [3.05, 3.63) is 60.2 Å². The van der Waals surface area contributed by atoms with E-state index in [1.807, 2.05) is 43.3 Å². The lowest BCUT2D eigenvalue weighted by atomic mass is 10.0. The summed E-state index contributed by atoms with van der Waals surface area (Å²) in [5.74, 6) is -0.278. The van der Waals surface area contributed by atoms with E-state index in [-0.39, 0.29) is 5.97 Å². The second-order valence-electron chi connectivity index (χ2n) is 5.28. The van der Waals surface area contributed by atoms with E-state index in [2.05, 4.69) is 23.2 Å². The van der Waals surface area contributed by atoms with Gasteiger partial charge in [0.15, 0.2) is 0 Å². The minimum Gasteiger partial charge on any atom is -0.462 e. The Morgan fingerprint density at radius 2 is 1.86 bits per heavy atom. The van der Waals surface area contributed by atoms with Crippen LogP contribution in [-0.4, -0.2) is 17.6 Å². The number of hydrogen-bond acceptors (Lipinski definition) is 2. The van der Waals surface area contributed by atoms with Crippen molar-refractivity contribution >= 4 is 38.5 Å². The first-order valence-corrected chi connectivity index (χ1v) is 7.39. The van der Waals surface area contributed by atoms with Crippen molar-refractivity contribution in [2.45, 2.75) is 6.92 Å². The molecule has 0 unspecified atom stereocenters. The standard InChI is InChI=1S/C19H15NO2/c1-2-22-19(21)15-8-5-6-12-10-11-14-13-7-3-4-9-16(13)20-18(14)17(12)15/h3-11,20H,2H2,1H3. The van der Waals surface area contributed by atoms with E-state index >= 15 is 0 Å². The van der Waals surface area contributed by atoms with Gasteiger partial charge in [-0.3, -0.25) is 0 Å². The van der Waals surface area contributed by atoms with Gasteiger partial charge in [-0.05, 0) is 24.4 Å². The van der Waals surface area contributed by atoms with Gasteiger partial charge >= 0.3 is 5.97 Å². The lowest BCUT2D eigenvalue weighted by Crippen LogP contribution is -2.05. The summed E-state index contributed by atoms with van der Waals surface area (Å²) in [6, 6.07) is 18.1. The molecule has 0 amide bonds. The third-order valence-electron chi connectivity index (χ3n) is 4.02. The lowest BCUT2D eigenvalue weighted by Gasteiger charge is -2.07. The van der Waals surface area contributed by atoms with Crippen molar-refractivity contribution in [1.29, 1.82) is 0 Å². The minimum atomic E-state index is -0.278. The van der Waals surface area contributed by atoms with Crippen LogP contribution in [0.25, 0.3) is 32.6 Å². The third-order valence-corrected chi connectivity index (χ3v) is 4.02. The second-order valence-corrected chi connectivity index (χ2v) is 5.28. The number of benzene rings is 3. The van der Waals surface area contributed by atoms with Gasteiger partial charge in [-0.25, -0.2) is 4.79 Å². The second kappa shape index (κ2) is 4.88. The van der Waals surface area contributed by atoms with Crippen LogP contribution in [0.4, 0.5) is 0 Å². The molecule has 1 heterocycles. The molecule has 0 saturated heterocycles. The summed E-state index contributed by atoms with van der Waals surface area (Å²) in [5, 5.41) is 4.25. The van der Waals surface area contributed by atoms with Crippen LogP contribution in [0.15, 0.2) is 54.6 Å². The molecule has 0 bridgehead atoms. The summed E-state index contributed by atoms with van der Waals surface area (Å²) in [6.45, 7) is 2.19. The molecule has 108 valence electrons. The topological polar surface area (TPSA) is 42.1 Å². The summed E-state index contributed by atoms with van der Waals surface area (Å²) >= 11 is 0. The number of ether oxygens (including phenoxy) is 1. The molecule has 1 aromatic heterocycles. The van der Waals surface area contributed by atoms with Gasteiger partial charge < -0.3 is 9.72 Å². The number of nitrogens with one attached hydrogen (secondary N) is 1. The molecule has 3 heteroatoms. The van der Waals surface area contributed by atoms with E-state index in [1.54, 1.807) is 0 Å². The van der Waals surface area contributed by atoms with E-state index in [4.69, 9.17) is 4.74 Å². The van der Waals surface area contributed by atoms with Gasteiger partial charge in [0.05, 0.1) is 17.7 Å². The number of para-hydroxylation sites is 1. The highest BCUT2D eigenvalue weighted by Crippen LogP contribution is 2.33. The molecule has 0 spiro atoms. The largest absolute Gasteiger partial charge is 0.462 e. The Morgan fingerprint density at radius 3 is 2.73 bits per heavy atom. The first kappa shape index (κ1) is 12.9. The molecule has 0 radical (unpaired) electrons. The SMILES string of the molecule is CCOC(=O)c1cccc2ccc3c4ccccc4[nH]c3c12. The average Bonchev–Trinajstić information content (AvgIpc) is 2.93. The fourth-order valence-corrected chi connectivity index (χ4v) is 3.07. The molecule has 0 atom stereocenters. The predicted octanol–water partition coefficient (Wildman–Crippen LogP) is 4.65. The number of carbonyl (C=O) groups is 1. The van der Waals surface area contributed by atoms with Gasteiger partial charge in [0.1, 0.15) is 0 Å². The van der Waals surface area contributed by atoms with Gasteiger partial charge in [-0.15, -0.1) is 0 Å². The van der Waals surface area contributed by atoms with Gasteiger partial charge in [0.25, 0.3) is 0 Å². The molecular formula is C19H15NO2. The molecule has 1 N–H and O–H groups in total. The lowest BCUT2D eigenvalue weighted by molar-refractivity contribution is 0.0529. The average molecular weight is 289 g/mol. The van der Waals surface area contributed by atoms with E-state index in [0.29, 0.717) is 12.2 Å². The fraction of sp³-hybridized carbons (Fsp3) is 0.105.